The fourth-order valence-corrected chi connectivity index (χ4v) is 3.52. The van der Waals surface area contributed by atoms with E-state index in [1.54, 1.807) is 12.4 Å². The van der Waals surface area contributed by atoms with E-state index in [9.17, 15) is 4.79 Å². The van der Waals surface area contributed by atoms with Gasteiger partial charge in [0.2, 0.25) is 0 Å². The van der Waals surface area contributed by atoms with Gasteiger partial charge in [0.1, 0.15) is 17.9 Å². The summed E-state index contributed by atoms with van der Waals surface area (Å²) in [7, 11) is 0. The predicted molar refractivity (Wildman–Crippen MR) is 88.6 cm³/mol. The van der Waals surface area contributed by atoms with Gasteiger partial charge in [-0.15, -0.1) is 0 Å². The lowest BCUT2D eigenvalue weighted by molar-refractivity contribution is -0.0814. The standard InChI is InChI=1S/C18H20N4O3/c23-18(14-10-19-7-8-21-14)22-11-16(17-15(22)5-3-9-24-17)25-12-13-4-1-2-6-20-13/h1-2,4,6-8,10,15-17H,3,5,9,11-12H2/t15-,16-,17+/m1/s1. The van der Waals surface area contributed by atoms with Crippen LogP contribution in [0.2, 0.25) is 0 Å². The van der Waals surface area contributed by atoms with E-state index >= 15 is 0 Å². The molecule has 0 aliphatic carbocycles. The molecule has 130 valence electrons. The summed E-state index contributed by atoms with van der Waals surface area (Å²) in [6.07, 6.45) is 7.95. The van der Waals surface area contributed by atoms with Crippen molar-refractivity contribution in [2.24, 2.45) is 0 Å². The van der Waals surface area contributed by atoms with Gasteiger partial charge in [0.05, 0.1) is 31.1 Å². The number of carbonyl (C=O) groups is 1. The molecular formula is C18H20N4O3. The highest BCUT2D eigenvalue weighted by Crippen LogP contribution is 2.31. The van der Waals surface area contributed by atoms with Crippen molar-refractivity contribution in [2.45, 2.75) is 37.7 Å². The van der Waals surface area contributed by atoms with Gasteiger partial charge < -0.3 is 14.4 Å². The van der Waals surface area contributed by atoms with Gasteiger partial charge in [0.15, 0.2) is 0 Å². The molecule has 4 rings (SSSR count). The maximum Gasteiger partial charge on any atom is 0.274 e. The lowest BCUT2D eigenvalue weighted by atomic mass is 10.0. The number of likely N-dealkylation sites (tertiary alicyclic amines) is 1. The Balaban J connectivity index is 1.48. The molecule has 7 heteroatoms. The van der Waals surface area contributed by atoms with E-state index in [4.69, 9.17) is 9.47 Å². The van der Waals surface area contributed by atoms with Gasteiger partial charge in [0, 0.05) is 25.2 Å². The maximum absolute atomic E-state index is 12.8. The number of nitrogens with zero attached hydrogens (tertiary/aromatic N) is 4. The summed E-state index contributed by atoms with van der Waals surface area (Å²) >= 11 is 0. The average molecular weight is 340 g/mol. The normalized spacial score (nSPS) is 25.6. The van der Waals surface area contributed by atoms with Gasteiger partial charge in [-0.2, -0.15) is 0 Å². The molecule has 0 bridgehead atoms. The van der Waals surface area contributed by atoms with E-state index in [1.807, 2.05) is 23.1 Å². The summed E-state index contributed by atoms with van der Waals surface area (Å²) in [6.45, 7) is 1.61. The summed E-state index contributed by atoms with van der Waals surface area (Å²) < 4.78 is 12.0. The Hall–Kier alpha value is -2.38. The number of ether oxygens (including phenoxy) is 2. The Morgan fingerprint density at radius 1 is 1.28 bits per heavy atom. The third-order valence-electron chi connectivity index (χ3n) is 4.69. The summed E-state index contributed by atoms with van der Waals surface area (Å²) in [5.74, 6) is -0.113. The largest absolute Gasteiger partial charge is 0.373 e. The number of fused-ring (bicyclic) bond motifs is 1. The van der Waals surface area contributed by atoms with Gasteiger partial charge in [-0.25, -0.2) is 4.98 Å². The molecule has 0 unspecified atom stereocenters. The Bertz CT molecular complexity index is 713. The van der Waals surface area contributed by atoms with Crippen molar-refractivity contribution in [3.63, 3.8) is 0 Å². The first kappa shape index (κ1) is 16.1. The minimum Gasteiger partial charge on any atom is -0.373 e. The van der Waals surface area contributed by atoms with Gasteiger partial charge in [0.25, 0.3) is 5.91 Å². The van der Waals surface area contributed by atoms with Crippen molar-refractivity contribution >= 4 is 5.91 Å². The third-order valence-corrected chi connectivity index (χ3v) is 4.69. The number of amides is 1. The van der Waals surface area contributed by atoms with Crippen LogP contribution in [0.1, 0.15) is 29.0 Å². The number of rotatable bonds is 4. The first-order valence-electron chi connectivity index (χ1n) is 8.53. The molecule has 3 atom stereocenters. The van der Waals surface area contributed by atoms with Crippen molar-refractivity contribution < 1.29 is 14.3 Å². The second-order valence-corrected chi connectivity index (χ2v) is 6.26. The zero-order valence-corrected chi connectivity index (χ0v) is 13.8. The lowest BCUT2D eigenvalue weighted by Gasteiger charge is -2.31. The molecule has 25 heavy (non-hydrogen) atoms. The predicted octanol–water partition coefficient (Wildman–Crippen LogP) is 1.46. The second kappa shape index (κ2) is 7.25. The van der Waals surface area contributed by atoms with Crippen LogP contribution in [0.5, 0.6) is 0 Å². The number of aromatic nitrogens is 3. The highest BCUT2D eigenvalue weighted by Gasteiger charge is 2.47. The number of pyridine rings is 1. The van der Waals surface area contributed by atoms with Crippen LogP contribution >= 0.6 is 0 Å². The lowest BCUT2D eigenvalue weighted by Crippen LogP contribution is -2.44. The molecule has 2 aromatic heterocycles. The van der Waals surface area contributed by atoms with Crippen molar-refractivity contribution in [1.82, 2.24) is 19.9 Å². The van der Waals surface area contributed by atoms with Crippen LogP contribution in [0.25, 0.3) is 0 Å². The van der Waals surface area contributed by atoms with Crippen molar-refractivity contribution in [2.75, 3.05) is 13.2 Å². The Labute approximate surface area is 146 Å². The third kappa shape index (κ3) is 3.38. The van der Waals surface area contributed by atoms with Crippen LogP contribution in [0, 0.1) is 0 Å². The van der Waals surface area contributed by atoms with E-state index in [2.05, 4.69) is 15.0 Å². The van der Waals surface area contributed by atoms with E-state index < -0.39 is 0 Å². The van der Waals surface area contributed by atoms with Crippen molar-refractivity contribution in [3.05, 3.63) is 54.4 Å². The molecule has 0 saturated carbocycles. The Morgan fingerprint density at radius 2 is 2.24 bits per heavy atom. The molecule has 7 nitrogen and oxygen atoms in total. The molecule has 2 aromatic rings. The highest BCUT2D eigenvalue weighted by molar-refractivity contribution is 5.92. The van der Waals surface area contributed by atoms with Crippen molar-refractivity contribution in [3.8, 4) is 0 Å². The van der Waals surface area contributed by atoms with E-state index in [0.717, 1.165) is 18.5 Å². The molecule has 0 radical (unpaired) electrons. The topological polar surface area (TPSA) is 77.4 Å². The monoisotopic (exact) mass is 340 g/mol. The molecule has 1 amide bonds. The molecule has 0 spiro atoms. The summed E-state index contributed by atoms with van der Waals surface area (Å²) in [4.78, 5) is 27.1. The number of hydrogen-bond acceptors (Lipinski definition) is 6. The number of carbonyl (C=O) groups excluding carboxylic acids is 1. The second-order valence-electron chi connectivity index (χ2n) is 6.26. The SMILES string of the molecule is O=C(c1cnccn1)N1C[C@@H](OCc2ccccn2)[C@H]2OCCC[C@H]21. The molecule has 2 aliphatic heterocycles. The van der Waals surface area contributed by atoms with Crippen LogP contribution < -0.4 is 0 Å². The van der Waals surface area contributed by atoms with Crippen LogP contribution in [0.15, 0.2) is 43.0 Å². The Kier molecular flexibility index (Phi) is 4.67. The van der Waals surface area contributed by atoms with E-state index in [-0.39, 0.29) is 24.2 Å². The molecule has 0 N–H and O–H groups in total. The minimum atomic E-state index is -0.159. The molecule has 0 aromatic carbocycles. The first-order chi connectivity index (χ1) is 12.3. The first-order valence-corrected chi connectivity index (χ1v) is 8.53. The van der Waals surface area contributed by atoms with E-state index in [0.29, 0.717) is 25.5 Å². The summed E-state index contributed by atoms with van der Waals surface area (Å²) in [5, 5.41) is 0. The van der Waals surface area contributed by atoms with Crippen LogP contribution in [0.4, 0.5) is 0 Å². The molecule has 2 fully saturated rings. The highest BCUT2D eigenvalue weighted by atomic mass is 16.5. The summed E-state index contributed by atoms with van der Waals surface area (Å²) in [6, 6.07) is 5.76. The molecule has 4 heterocycles. The van der Waals surface area contributed by atoms with Crippen LogP contribution in [-0.2, 0) is 16.1 Å². The van der Waals surface area contributed by atoms with E-state index in [1.165, 1.54) is 12.4 Å². The number of hydrogen-bond donors (Lipinski definition) is 0. The van der Waals surface area contributed by atoms with Gasteiger partial charge in [-0.05, 0) is 25.0 Å². The smallest absolute Gasteiger partial charge is 0.274 e. The van der Waals surface area contributed by atoms with Crippen LogP contribution in [-0.4, -0.2) is 57.2 Å². The summed E-state index contributed by atoms with van der Waals surface area (Å²) in [5.41, 5.74) is 1.23. The Morgan fingerprint density at radius 3 is 3.04 bits per heavy atom. The van der Waals surface area contributed by atoms with Gasteiger partial charge in [-0.1, -0.05) is 6.07 Å². The molecular weight excluding hydrogens is 320 g/mol. The van der Waals surface area contributed by atoms with Gasteiger partial charge >= 0.3 is 0 Å². The quantitative estimate of drug-likeness (QED) is 0.839. The van der Waals surface area contributed by atoms with Gasteiger partial charge in [-0.3, -0.25) is 14.8 Å². The minimum absolute atomic E-state index is 0.0250. The average Bonchev–Trinajstić information content (AvgIpc) is 3.06. The fourth-order valence-electron chi connectivity index (χ4n) is 3.52. The zero-order chi connectivity index (χ0) is 17.1. The van der Waals surface area contributed by atoms with Crippen molar-refractivity contribution in [1.29, 1.82) is 0 Å². The zero-order valence-electron chi connectivity index (χ0n) is 13.8. The molecule has 2 saturated heterocycles. The molecule has 2 aliphatic rings. The fraction of sp³-hybridized carbons (Fsp3) is 0.444. The van der Waals surface area contributed by atoms with Crippen LogP contribution in [0.3, 0.4) is 0 Å². The maximum atomic E-state index is 12.8.